The molecule has 1 N–H and O–H groups in total. The predicted octanol–water partition coefficient (Wildman–Crippen LogP) is 2.06. The predicted molar refractivity (Wildman–Crippen MR) is 112 cm³/mol. The van der Waals surface area contributed by atoms with Crippen LogP contribution in [0.5, 0.6) is 5.75 Å². The Labute approximate surface area is 177 Å². The molecule has 1 unspecified atom stereocenters. The maximum absolute atomic E-state index is 13.2. The Bertz CT molecular complexity index is 793. The van der Waals surface area contributed by atoms with E-state index in [1.54, 1.807) is 19.2 Å². The molecule has 4 rings (SSSR count). The van der Waals surface area contributed by atoms with Gasteiger partial charge in [-0.3, -0.25) is 14.4 Å². The van der Waals surface area contributed by atoms with Gasteiger partial charge in [0.15, 0.2) is 0 Å². The molecule has 1 aromatic rings. The topological polar surface area (TPSA) is 79.0 Å². The Morgan fingerprint density at radius 2 is 1.63 bits per heavy atom. The highest BCUT2D eigenvalue weighted by atomic mass is 16.5. The molecule has 2 heterocycles. The Morgan fingerprint density at radius 3 is 2.27 bits per heavy atom. The maximum atomic E-state index is 13.2. The number of para-hydroxylation sites is 1. The summed E-state index contributed by atoms with van der Waals surface area (Å²) >= 11 is 0. The standard InChI is InChI=1S/C23H31N3O4/c1-30-19-7-3-2-6-18(19)22(28)26-14-10-16(11-15-26)20(24-21(27)17-8-9-17)23(29)25-12-4-5-13-25/h2-3,6-7,16-17,20H,4-5,8-15H2,1H3,(H,24,27). The lowest BCUT2D eigenvalue weighted by molar-refractivity contribution is -0.138. The van der Waals surface area contributed by atoms with Gasteiger partial charge in [0.1, 0.15) is 11.8 Å². The molecule has 162 valence electrons. The van der Waals surface area contributed by atoms with E-state index >= 15 is 0 Å². The van der Waals surface area contributed by atoms with Gasteiger partial charge >= 0.3 is 0 Å². The van der Waals surface area contributed by atoms with Crippen LogP contribution in [0.2, 0.25) is 0 Å². The van der Waals surface area contributed by atoms with E-state index in [-0.39, 0.29) is 29.6 Å². The van der Waals surface area contributed by atoms with Crippen LogP contribution in [-0.4, -0.2) is 66.9 Å². The first-order valence-electron chi connectivity index (χ1n) is 11.1. The molecule has 3 aliphatic rings. The molecule has 3 amide bonds. The first kappa shape index (κ1) is 20.7. The largest absolute Gasteiger partial charge is 0.496 e. The molecular weight excluding hydrogens is 382 g/mol. The number of amides is 3. The number of ether oxygens (including phenoxy) is 1. The third-order valence-electron chi connectivity index (χ3n) is 6.57. The van der Waals surface area contributed by atoms with E-state index in [9.17, 15) is 14.4 Å². The molecule has 7 nitrogen and oxygen atoms in total. The molecule has 0 spiro atoms. The van der Waals surface area contributed by atoms with Crippen molar-refractivity contribution in [2.75, 3.05) is 33.3 Å². The lowest BCUT2D eigenvalue weighted by Crippen LogP contribution is -2.54. The first-order chi connectivity index (χ1) is 14.6. The second-order valence-corrected chi connectivity index (χ2v) is 8.62. The van der Waals surface area contributed by atoms with E-state index in [4.69, 9.17) is 4.74 Å². The van der Waals surface area contributed by atoms with Crippen LogP contribution in [0.1, 0.15) is 48.9 Å². The van der Waals surface area contributed by atoms with Crippen molar-refractivity contribution in [3.8, 4) is 5.75 Å². The molecule has 1 saturated carbocycles. The Kier molecular flexibility index (Phi) is 6.25. The van der Waals surface area contributed by atoms with Gasteiger partial charge in [0.2, 0.25) is 11.8 Å². The highest BCUT2D eigenvalue weighted by molar-refractivity contribution is 5.97. The Balaban J connectivity index is 1.42. The first-order valence-corrected chi connectivity index (χ1v) is 11.1. The average molecular weight is 414 g/mol. The van der Waals surface area contributed by atoms with Gasteiger partial charge in [-0.1, -0.05) is 12.1 Å². The number of nitrogens with one attached hydrogen (secondary N) is 1. The molecule has 1 aromatic carbocycles. The van der Waals surface area contributed by atoms with Crippen molar-refractivity contribution >= 4 is 17.7 Å². The van der Waals surface area contributed by atoms with Crippen LogP contribution >= 0.6 is 0 Å². The minimum absolute atomic E-state index is 0.0140. The zero-order chi connectivity index (χ0) is 21.1. The monoisotopic (exact) mass is 413 g/mol. The average Bonchev–Trinajstić information content (AvgIpc) is 3.50. The van der Waals surface area contributed by atoms with Crippen molar-refractivity contribution in [2.45, 2.75) is 44.6 Å². The number of likely N-dealkylation sites (tertiary alicyclic amines) is 2. The van der Waals surface area contributed by atoms with Crippen molar-refractivity contribution in [3.63, 3.8) is 0 Å². The minimum atomic E-state index is -0.472. The van der Waals surface area contributed by atoms with Gasteiger partial charge in [-0.05, 0) is 56.6 Å². The van der Waals surface area contributed by atoms with Crippen molar-refractivity contribution in [1.29, 1.82) is 0 Å². The number of methoxy groups -OCH3 is 1. The van der Waals surface area contributed by atoms with Gasteiger partial charge in [-0.15, -0.1) is 0 Å². The zero-order valence-corrected chi connectivity index (χ0v) is 17.6. The van der Waals surface area contributed by atoms with Gasteiger partial charge in [0, 0.05) is 32.1 Å². The molecule has 1 atom stereocenters. The summed E-state index contributed by atoms with van der Waals surface area (Å²) in [7, 11) is 1.56. The SMILES string of the molecule is COc1ccccc1C(=O)N1CCC(C(NC(=O)C2CC2)C(=O)N2CCCC2)CC1. The molecule has 0 aromatic heterocycles. The van der Waals surface area contributed by atoms with Crippen molar-refractivity contribution in [1.82, 2.24) is 15.1 Å². The van der Waals surface area contributed by atoms with Crippen LogP contribution in [0.4, 0.5) is 0 Å². The van der Waals surface area contributed by atoms with Gasteiger partial charge in [-0.2, -0.15) is 0 Å². The fourth-order valence-corrected chi connectivity index (χ4v) is 4.56. The number of nitrogens with zero attached hydrogens (tertiary/aromatic N) is 2. The van der Waals surface area contributed by atoms with E-state index < -0.39 is 6.04 Å². The summed E-state index contributed by atoms with van der Waals surface area (Å²) in [4.78, 5) is 42.3. The van der Waals surface area contributed by atoms with E-state index in [1.165, 1.54) is 0 Å². The fourth-order valence-electron chi connectivity index (χ4n) is 4.56. The zero-order valence-electron chi connectivity index (χ0n) is 17.6. The Morgan fingerprint density at radius 1 is 0.967 bits per heavy atom. The van der Waals surface area contributed by atoms with Crippen molar-refractivity contribution in [2.24, 2.45) is 11.8 Å². The fraction of sp³-hybridized carbons (Fsp3) is 0.609. The lowest BCUT2D eigenvalue weighted by atomic mass is 9.88. The number of piperidine rings is 1. The molecule has 0 radical (unpaired) electrons. The quantitative estimate of drug-likeness (QED) is 0.774. The number of carbonyl (C=O) groups is 3. The molecule has 1 aliphatic carbocycles. The summed E-state index contributed by atoms with van der Waals surface area (Å²) in [6.07, 6.45) is 5.30. The van der Waals surface area contributed by atoms with Crippen LogP contribution in [0.25, 0.3) is 0 Å². The van der Waals surface area contributed by atoms with Crippen LogP contribution in [-0.2, 0) is 9.59 Å². The summed E-state index contributed by atoms with van der Waals surface area (Å²) in [6, 6.07) is 6.78. The van der Waals surface area contributed by atoms with E-state index in [2.05, 4.69) is 5.32 Å². The van der Waals surface area contributed by atoms with Gasteiger partial charge in [-0.25, -0.2) is 0 Å². The summed E-state index contributed by atoms with van der Waals surface area (Å²) in [5.41, 5.74) is 0.560. The number of carbonyl (C=O) groups excluding carboxylic acids is 3. The van der Waals surface area contributed by atoms with Crippen molar-refractivity contribution in [3.05, 3.63) is 29.8 Å². The van der Waals surface area contributed by atoms with E-state index in [0.717, 1.165) is 38.8 Å². The number of benzene rings is 1. The van der Waals surface area contributed by atoms with Gasteiger partial charge in [0.25, 0.3) is 5.91 Å². The van der Waals surface area contributed by atoms with Crippen LogP contribution in [0.3, 0.4) is 0 Å². The number of rotatable bonds is 6. The Hall–Kier alpha value is -2.57. The molecule has 30 heavy (non-hydrogen) atoms. The summed E-state index contributed by atoms with van der Waals surface area (Å²) in [5.74, 6) is 0.725. The normalized spacial score (nSPS) is 20.7. The summed E-state index contributed by atoms with van der Waals surface area (Å²) < 4.78 is 5.33. The van der Waals surface area contributed by atoms with Crippen molar-refractivity contribution < 1.29 is 19.1 Å². The third kappa shape index (κ3) is 4.45. The molecule has 3 fully saturated rings. The maximum Gasteiger partial charge on any atom is 0.257 e. The van der Waals surface area contributed by atoms with Crippen LogP contribution in [0, 0.1) is 11.8 Å². The third-order valence-corrected chi connectivity index (χ3v) is 6.57. The second-order valence-electron chi connectivity index (χ2n) is 8.62. The highest BCUT2D eigenvalue weighted by Crippen LogP contribution is 2.31. The van der Waals surface area contributed by atoms with E-state index in [1.807, 2.05) is 21.9 Å². The van der Waals surface area contributed by atoms with Gasteiger partial charge < -0.3 is 19.9 Å². The number of hydrogen-bond donors (Lipinski definition) is 1. The highest BCUT2D eigenvalue weighted by Gasteiger charge is 2.39. The van der Waals surface area contributed by atoms with Crippen LogP contribution in [0.15, 0.2) is 24.3 Å². The number of hydrogen-bond acceptors (Lipinski definition) is 4. The molecular formula is C23H31N3O4. The molecule has 0 bridgehead atoms. The summed E-state index contributed by atoms with van der Waals surface area (Å²) in [6.45, 7) is 2.70. The lowest BCUT2D eigenvalue weighted by Gasteiger charge is -2.37. The molecule has 7 heteroatoms. The van der Waals surface area contributed by atoms with Gasteiger partial charge in [0.05, 0.1) is 12.7 Å². The minimum Gasteiger partial charge on any atom is -0.496 e. The van der Waals surface area contributed by atoms with Crippen LogP contribution < -0.4 is 10.1 Å². The second kappa shape index (κ2) is 9.06. The smallest absolute Gasteiger partial charge is 0.257 e. The molecule has 2 aliphatic heterocycles. The van der Waals surface area contributed by atoms with E-state index in [0.29, 0.717) is 37.2 Å². The molecule has 2 saturated heterocycles. The summed E-state index contributed by atoms with van der Waals surface area (Å²) in [5, 5.41) is 3.07.